The highest BCUT2D eigenvalue weighted by molar-refractivity contribution is 6.12. The van der Waals surface area contributed by atoms with Crippen molar-refractivity contribution < 1.29 is 0 Å². The van der Waals surface area contributed by atoms with Crippen molar-refractivity contribution in [3.63, 3.8) is 0 Å². The van der Waals surface area contributed by atoms with Gasteiger partial charge >= 0.3 is 0 Å². The molecule has 274 valence electrons. The third-order valence-electron chi connectivity index (χ3n) is 13.3. The van der Waals surface area contributed by atoms with Crippen LogP contribution in [0.2, 0.25) is 0 Å². The van der Waals surface area contributed by atoms with Gasteiger partial charge in [-0.15, -0.1) is 0 Å². The molecule has 3 nitrogen and oxygen atoms in total. The lowest BCUT2D eigenvalue weighted by Crippen LogP contribution is -2.40. The third-order valence-corrected chi connectivity index (χ3v) is 13.3. The summed E-state index contributed by atoms with van der Waals surface area (Å²) in [5, 5.41) is 4.94. The van der Waals surface area contributed by atoms with Crippen LogP contribution in [0.25, 0.3) is 66.1 Å². The minimum atomic E-state index is -0.379. The van der Waals surface area contributed by atoms with Crippen LogP contribution in [0.15, 0.2) is 213 Å². The minimum absolute atomic E-state index is 0.173. The predicted molar refractivity (Wildman–Crippen MR) is 240 cm³/mol. The Labute approximate surface area is 337 Å². The Morgan fingerprint density at radius 3 is 1.69 bits per heavy atom. The molecule has 12 rings (SSSR count). The Kier molecular flexibility index (Phi) is 7.04. The van der Waals surface area contributed by atoms with Gasteiger partial charge in [0.15, 0.2) is 0 Å². The van der Waals surface area contributed by atoms with Gasteiger partial charge in [-0.2, -0.15) is 0 Å². The molecule has 58 heavy (non-hydrogen) atoms. The smallest absolute Gasteiger partial charge is 0.0585 e. The fourth-order valence-corrected chi connectivity index (χ4v) is 10.9. The van der Waals surface area contributed by atoms with Gasteiger partial charge in [-0.1, -0.05) is 165 Å². The Hall–Kier alpha value is -7.23. The molecule has 2 atom stereocenters. The molecular weight excluding hydrogens is 703 g/mol. The standard InChI is InChI=1S/C55H39N3/c1-54-34-13-12-22-51(54)55(39-14-4-2-5-15-39,40-16-6-3-7-17-40)47-32-31-45-43-18-8-11-21-49(43)58(53(45)52(47)54)42-29-25-38(26-30-42)37-23-27-41(28-24-37)57-48-20-10-9-19-44(48)46-36-56-35-33-50(46)57/h2-36,51H,1H3. The Morgan fingerprint density at radius 1 is 0.483 bits per heavy atom. The van der Waals surface area contributed by atoms with E-state index < -0.39 is 0 Å². The Bertz CT molecular complexity index is 3180. The molecule has 0 spiro atoms. The van der Waals surface area contributed by atoms with Crippen LogP contribution in [0, 0.1) is 5.92 Å². The number of hydrogen-bond acceptors (Lipinski definition) is 1. The molecule has 7 aromatic carbocycles. The van der Waals surface area contributed by atoms with Gasteiger partial charge in [-0.05, 0) is 75.8 Å². The highest BCUT2D eigenvalue weighted by Crippen LogP contribution is 2.64. The maximum atomic E-state index is 4.43. The molecule has 0 fully saturated rings. The zero-order valence-electron chi connectivity index (χ0n) is 32.1. The molecule has 0 N–H and O–H groups in total. The molecule has 0 bridgehead atoms. The normalized spacial score (nSPS) is 18.0. The van der Waals surface area contributed by atoms with E-state index in [9.17, 15) is 0 Å². The topological polar surface area (TPSA) is 22.8 Å². The van der Waals surface area contributed by atoms with Crippen molar-refractivity contribution in [3.8, 4) is 22.5 Å². The van der Waals surface area contributed by atoms with Crippen LogP contribution in [0.1, 0.15) is 29.2 Å². The second kappa shape index (κ2) is 12.4. The van der Waals surface area contributed by atoms with Gasteiger partial charge in [0.2, 0.25) is 0 Å². The van der Waals surface area contributed by atoms with Gasteiger partial charge < -0.3 is 9.13 Å². The van der Waals surface area contributed by atoms with Crippen LogP contribution in [-0.2, 0) is 10.8 Å². The molecule has 0 saturated heterocycles. The van der Waals surface area contributed by atoms with E-state index >= 15 is 0 Å². The SMILES string of the molecule is CC12C=CC=CC1C(c1ccccc1)(c1ccccc1)c1ccc3c4ccccc4n(-c4ccc(-c5ccc(-n6c7ccccc7c7cnccc76)cc5)cc4)c3c12. The zero-order valence-corrected chi connectivity index (χ0v) is 32.1. The summed E-state index contributed by atoms with van der Waals surface area (Å²) in [6.45, 7) is 2.47. The first kappa shape index (κ1) is 33.0. The number of para-hydroxylation sites is 2. The van der Waals surface area contributed by atoms with Gasteiger partial charge in [0, 0.05) is 56.6 Å². The van der Waals surface area contributed by atoms with Crippen molar-refractivity contribution in [2.24, 2.45) is 5.92 Å². The molecule has 0 amide bonds. The second-order valence-electron chi connectivity index (χ2n) is 16.1. The van der Waals surface area contributed by atoms with Gasteiger partial charge in [0.1, 0.15) is 0 Å². The predicted octanol–water partition coefficient (Wildman–Crippen LogP) is 13.3. The van der Waals surface area contributed by atoms with E-state index in [2.05, 4.69) is 221 Å². The van der Waals surface area contributed by atoms with E-state index in [1.54, 1.807) is 0 Å². The summed E-state index contributed by atoms with van der Waals surface area (Å²) in [4.78, 5) is 4.43. The Balaban J connectivity index is 1.04. The first-order valence-electron chi connectivity index (χ1n) is 20.2. The van der Waals surface area contributed by atoms with E-state index in [1.807, 2.05) is 12.4 Å². The molecule has 3 heteroatoms. The molecule has 3 heterocycles. The molecule has 0 aliphatic heterocycles. The number of allylic oxidation sites excluding steroid dienone is 4. The fourth-order valence-electron chi connectivity index (χ4n) is 10.9. The van der Waals surface area contributed by atoms with E-state index in [-0.39, 0.29) is 16.7 Å². The Morgan fingerprint density at radius 2 is 1.03 bits per heavy atom. The molecular formula is C55H39N3. The molecule has 10 aromatic rings. The van der Waals surface area contributed by atoms with Crippen LogP contribution in [-0.4, -0.2) is 14.1 Å². The van der Waals surface area contributed by atoms with Gasteiger partial charge in [-0.25, -0.2) is 0 Å². The number of hydrogen-bond donors (Lipinski definition) is 0. The minimum Gasteiger partial charge on any atom is -0.309 e. The maximum Gasteiger partial charge on any atom is 0.0585 e. The second-order valence-corrected chi connectivity index (χ2v) is 16.1. The van der Waals surface area contributed by atoms with Crippen molar-refractivity contribution >= 4 is 43.6 Å². The lowest BCUT2D eigenvalue weighted by Gasteiger charge is -2.42. The van der Waals surface area contributed by atoms with E-state index in [0.29, 0.717) is 0 Å². The highest BCUT2D eigenvalue weighted by atomic mass is 15.0. The first-order valence-corrected chi connectivity index (χ1v) is 20.2. The number of aromatic nitrogens is 3. The molecule has 3 aromatic heterocycles. The average molecular weight is 742 g/mol. The summed E-state index contributed by atoms with van der Waals surface area (Å²) in [6.07, 6.45) is 13.3. The van der Waals surface area contributed by atoms with Gasteiger partial charge in [0.05, 0.1) is 27.5 Å². The van der Waals surface area contributed by atoms with Gasteiger partial charge in [0.25, 0.3) is 0 Å². The van der Waals surface area contributed by atoms with Crippen LogP contribution >= 0.6 is 0 Å². The van der Waals surface area contributed by atoms with Crippen LogP contribution in [0.5, 0.6) is 0 Å². The quantitative estimate of drug-likeness (QED) is 0.172. The number of nitrogens with zero attached hydrogens (tertiary/aromatic N) is 3. The maximum absolute atomic E-state index is 4.43. The number of fused-ring (bicyclic) bond motifs is 10. The molecule has 2 unspecified atom stereocenters. The fraction of sp³-hybridized carbons (Fsp3) is 0.0727. The largest absolute Gasteiger partial charge is 0.309 e. The lowest BCUT2D eigenvalue weighted by atomic mass is 9.60. The average Bonchev–Trinajstić information content (AvgIpc) is 3.89. The van der Waals surface area contributed by atoms with Crippen molar-refractivity contribution in [1.29, 1.82) is 0 Å². The van der Waals surface area contributed by atoms with Crippen molar-refractivity contribution in [3.05, 3.63) is 235 Å². The van der Waals surface area contributed by atoms with Gasteiger partial charge in [-0.3, -0.25) is 4.98 Å². The first-order chi connectivity index (χ1) is 28.7. The monoisotopic (exact) mass is 741 g/mol. The summed E-state index contributed by atoms with van der Waals surface area (Å²) < 4.78 is 4.88. The molecule has 2 aliphatic carbocycles. The van der Waals surface area contributed by atoms with Crippen molar-refractivity contribution in [1.82, 2.24) is 14.1 Å². The van der Waals surface area contributed by atoms with E-state index in [4.69, 9.17) is 0 Å². The summed E-state index contributed by atoms with van der Waals surface area (Å²) in [6, 6.07) is 65.0. The molecule has 2 aliphatic rings. The number of rotatable bonds is 5. The summed E-state index contributed by atoms with van der Waals surface area (Å²) in [5.41, 5.74) is 14.3. The van der Waals surface area contributed by atoms with Crippen LogP contribution < -0.4 is 0 Å². The van der Waals surface area contributed by atoms with Crippen LogP contribution in [0.4, 0.5) is 0 Å². The van der Waals surface area contributed by atoms with E-state index in [0.717, 1.165) is 16.9 Å². The summed E-state index contributed by atoms with van der Waals surface area (Å²) >= 11 is 0. The van der Waals surface area contributed by atoms with E-state index in [1.165, 1.54) is 71.5 Å². The van der Waals surface area contributed by atoms with Crippen molar-refractivity contribution in [2.45, 2.75) is 17.8 Å². The molecule has 0 radical (unpaired) electrons. The van der Waals surface area contributed by atoms with Crippen molar-refractivity contribution in [2.75, 3.05) is 0 Å². The zero-order chi connectivity index (χ0) is 38.4. The lowest BCUT2D eigenvalue weighted by molar-refractivity contribution is 0.367. The summed E-state index contributed by atoms with van der Waals surface area (Å²) in [5.74, 6) is 0.173. The molecule has 0 saturated carbocycles. The third kappa shape index (κ3) is 4.41. The highest BCUT2D eigenvalue weighted by Gasteiger charge is 2.59. The van der Waals surface area contributed by atoms with Crippen LogP contribution in [0.3, 0.4) is 0 Å². The summed E-state index contributed by atoms with van der Waals surface area (Å²) in [7, 11) is 0. The number of benzene rings is 7. The number of pyridine rings is 1.